The first kappa shape index (κ1) is 9.48. The smallest absolute Gasteiger partial charge is 0.336 e. The Morgan fingerprint density at radius 3 is 2.31 bits per heavy atom. The molecule has 0 aromatic carbocycles. The van der Waals surface area contributed by atoms with Crippen LogP contribution in [0.15, 0.2) is 47.6 Å². The van der Waals surface area contributed by atoms with E-state index in [0.717, 1.165) is 0 Å². The van der Waals surface area contributed by atoms with E-state index in [1.165, 1.54) is 6.08 Å². The lowest BCUT2D eigenvalue weighted by atomic mass is 10.1. The van der Waals surface area contributed by atoms with Gasteiger partial charge in [0.2, 0.25) is 0 Å². The minimum atomic E-state index is -1.03. The summed E-state index contributed by atoms with van der Waals surface area (Å²) >= 11 is 0. The second-order valence-electron chi connectivity index (χ2n) is 2.51. The van der Waals surface area contributed by atoms with E-state index in [1.807, 2.05) is 0 Å². The highest BCUT2D eigenvalue weighted by molar-refractivity contribution is 5.91. The van der Waals surface area contributed by atoms with Gasteiger partial charge in [-0.05, 0) is 11.6 Å². The summed E-state index contributed by atoms with van der Waals surface area (Å²) in [5.74, 6) is -1.03. The van der Waals surface area contributed by atoms with Gasteiger partial charge >= 0.3 is 5.97 Å². The summed E-state index contributed by atoms with van der Waals surface area (Å²) in [5.41, 5.74) is 0.538. The molecule has 0 aromatic heterocycles. The van der Waals surface area contributed by atoms with Crippen LogP contribution < -0.4 is 0 Å². The SMILES string of the molecule is O=C(O)C1=C(CO)C=CC=CC=C1. The van der Waals surface area contributed by atoms with Crippen LogP contribution in [0.5, 0.6) is 0 Å². The zero-order valence-electron chi connectivity index (χ0n) is 6.97. The fourth-order valence-electron chi connectivity index (χ4n) is 0.995. The Morgan fingerprint density at radius 1 is 1.15 bits per heavy atom. The Labute approximate surface area is 76.0 Å². The van der Waals surface area contributed by atoms with E-state index in [1.54, 1.807) is 30.4 Å². The van der Waals surface area contributed by atoms with Crippen molar-refractivity contribution in [3.05, 3.63) is 47.6 Å². The van der Waals surface area contributed by atoms with E-state index in [2.05, 4.69) is 0 Å². The summed E-state index contributed by atoms with van der Waals surface area (Å²) in [6.07, 6.45) is 9.87. The number of aliphatic hydroxyl groups excluding tert-OH is 1. The van der Waals surface area contributed by atoms with Gasteiger partial charge in [0.15, 0.2) is 0 Å². The van der Waals surface area contributed by atoms with Crippen LogP contribution in [0, 0.1) is 0 Å². The maximum Gasteiger partial charge on any atom is 0.336 e. The van der Waals surface area contributed by atoms with Crippen LogP contribution in [-0.4, -0.2) is 22.8 Å². The molecule has 0 aromatic rings. The highest BCUT2D eigenvalue weighted by Gasteiger charge is 2.08. The molecular weight excluding hydrogens is 168 g/mol. The first-order chi connectivity index (χ1) is 6.25. The number of carboxylic acids is 1. The Morgan fingerprint density at radius 2 is 1.77 bits per heavy atom. The normalized spacial score (nSPS) is 15.8. The van der Waals surface area contributed by atoms with E-state index in [-0.39, 0.29) is 12.2 Å². The molecule has 1 aliphatic carbocycles. The number of hydrogen-bond donors (Lipinski definition) is 2. The molecule has 0 radical (unpaired) electrons. The van der Waals surface area contributed by atoms with E-state index in [4.69, 9.17) is 10.2 Å². The van der Waals surface area contributed by atoms with Crippen LogP contribution in [-0.2, 0) is 4.79 Å². The van der Waals surface area contributed by atoms with Gasteiger partial charge in [0.05, 0.1) is 12.2 Å². The molecule has 13 heavy (non-hydrogen) atoms. The van der Waals surface area contributed by atoms with Crippen molar-refractivity contribution in [2.45, 2.75) is 0 Å². The predicted octanol–water partition coefficient (Wildman–Crippen LogP) is 1.04. The molecule has 0 atom stereocenters. The van der Waals surface area contributed by atoms with Crippen molar-refractivity contribution in [3.63, 3.8) is 0 Å². The van der Waals surface area contributed by atoms with Crippen molar-refractivity contribution >= 4 is 5.97 Å². The van der Waals surface area contributed by atoms with Gasteiger partial charge in [-0.2, -0.15) is 0 Å². The maximum absolute atomic E-state index is 10.7. The fourth-order valence-corrected chi connectivity index (χ4v) is 0.995. The summed E-state index contributed by atoms with van der Waals surface area (Å²) in [6, 6.07) is 0. The van der Waals surface area contributed by atoms with Gasteiger partial charge in [0.1, 0.15) is 0 Å². The highest BCUT2D eigenvalue weighted by Crippen LogP contribution is 2.10. The molecule has 1 rings (SSSR count). The lowest BCUT2D eigenvalue weighted by molar-refractivity contribution is -0.132. The Balaban J connectivity index is 3.11. The van der Waals surface area contributed by atoms with Gasteiger partial charge in [-0.3, -0.25) is 0 Å². The lowest BCUT2D eigenvalue weighted by Gasteiger charge is -2.02. The number of rotatable bonds is 2. The predicted molar refractivity (Wildman–Crippen MR) is 49.2 cm³/mol. The zero-order valence-corrected chi connectivity index (χ0v) is 6.97. The standard InChI is InChI=1S/C10H10O3/c11-7-8-5-3-1-2-4-6-9(8)10(12)13/h1-6,11H,7H2,(H,12,13). The third kappa shape index (κ3) is 2.42. The molecule has 0 bridgehead atoms. The highest BCUT2D eigenvalue weighted by atomic mass is 16.4. The molecule has 3 nitrogen and oxygen atoms in total. The molecule has 0 spiro atoms. The lowest BCUT2D eigenvalue weighted by Crippen LogP contribution is -2.04. The largest absolute Gasteiger partial charge is 0.478 e. The average Bonchev–Trinajstić information content (AvgIpc) is 2.03. The number of carboxylic acid groups (broad SMARTS) is 1. The van der Waals surface area contributed by atoms with E-state index < -0.39 is 5.97 Å². The number of allylic oxidation sites excluding steroid dienone is 4. The third-order valence-electron chi connectivity index (χ3n) is 1.64. The molecule has 0 saturated heterocycles. The first-order valence-corrected chi connectivity index (χ1v) is 3.84. The second kappa shape index (κ2) is 4.42. The van der Waals surface area contributed by atoms with Crippen LogP contribution in [0.25, 0.3) is 0 Å². The van der Waals surface area contributed by atoms with Crippen molar-refractivity contribution in [2.24, 2.45) is 0 Å². The summed E-state index contributed by atoms with van der Waals surface area (Å²) in [5, 5.41) is 17.7. The zero-order chi connectivity index (χ0) is 9.68. The van der Waals surface area contributed by atoms with E-state index >= 15 is 0 Å². The summed E-state index contributed by atoms with van der Waals surface area (Å²) in [6.45, 7) is -0.268. The molecule has 0 amide bonds. The van der Waals surface area contributed by atoms with Crippen molar-refractivity contribution in [2.75, 3.05) is 6.61 Å². The van der Waals surface area contributed by atoms with Crippen LogP contribution in [0.2, 0.25) is 0 Å². The van der Waals surface area contributed by atoms with Crippen molar-refractivity contribution in [3.8, 4) is 0 Å². The Hall–Kier alpha value is -1.61. The molecule has 0 aliphatic heterocycles. The fraction of sp³-hybridized carbons (Fsp3) is 0.100. The quantitative estimate of drug-likeness (QED) is 0.664. The van der Waals surface area contributed by atoms with Gasteiger partial charge in [0, 0.05) is 0 Å². The van der Waals surface area contributed by atoms with Gasteiger partial charge in [0.25, 0.3) is 0 Å². The number of hydrogen-bond acceptors (Lipinski definition) is 2. The van der Waals surface area contributed by atoms with Crippen molar-refractivity contribution in [1.29, 1.82) is 0 Å². The van der Waals surface area contributed by atoms with Crippen LogP contribution in [0.4, 0.5) is 0 Å². The van der Waals surface area contributed by atoms with Gasteiger partial charge in [-0.25, -0.2) is 4.79 Å². The summed E-state index contributed by atoms with van der Waals surface area (Å²) in [7, 11) is 0. The monoisotopic (exact) mass is 178 g/mol. The Bertz CT molecular complexity index is 319. The Kier molecular flexibility index (Phi) is 3.23. The van der Waals surface area contributed by atoms with Crippen molar-refractivity contribution in [1.82, 2.24) is 0 Å². The summed E-state index contributed by atoms with van der Waals surface area (Å²) < 4.78 is 0. The number of carbonyl (C=O) groups is 1. The van der Waals surface area contributed by atoms with Gasteiger partial charge in [-0.1, -0.05) is 30.4 Å². The minimum Gasteiger partial charge on any atom is -0.478 e. The third-order valence-corrected chi connectivity index (χ3v) is 1.64. The molecule has 1 aliphatic rings. The number of aliphatic hydroxyl groups is 1. The molecule has 0 fully saturated rings. The topological polar surface area (TPSA) is 57.5 Å². The molecule has 2 N–H and O–H groups in total. The minimum absolute atomic E-state index is 0.128. The maximum atomic E-state index is 10.7. The molecule has 68 valence electrons. The average molecular weight is 178 g/mol. The molecule has 0 unspecified atom stereocenters. The van der Waals surface area contributed by atoms with Crippen molar-refractivity contribution < 1.29 is 15.0 Å². The van der Waals surface area contributed by atoms with Crippen LogP contribution in [0.1, 0.15) is 0 Å². The molecule has 0 heterocycles. The van der Waals surface area contributed by atoms with Crippen LogP contribution in [0.3, 0.4) is 0 Å². The van der Waals surface area contributed by atoms with E-state index in [9.17, 15) is 4.79 Å². The van der Waals surface area contributed by atoms with E-state index in [0.29, 0.717) is 5.57 Å². The van der Waals surface area contributed by atoms with Gasteiger partial charge < -0.3 is 10.2 Å². The molecular formula is C10H10O3. The number of aliphatic carboxylic acids is 1. The van der Waals surface area contributed by atoms with Crippen LogP contribution >= 0.6 is 0 Å². The van der Waals surface area contributed by atoms with Gasteiger partial charge in [-0.15, -0.1) is 0 Å². The molecule has 0 saturated carbocycles. The molecule has 3 heteroatoms. The second-order valence-corrected chi connectivity index (χ2v) is 2.51. The first-order valence-electron chi connectivity index (χ1n) is 3.84. The summed E-state index contributed by atoms with van der Waals surface area (Å²) in [4.78, 5) is 10.7.